The maximum Gasteiger partial charge on any atom is 0.0966 e. The van der Waals surface area contributed by atoms with Gasteiger partial charge in [0.15, 0.2) is 0 Å². The molecule has 1 aromatic rings. The van der Waals surface area contributed by atoms with Crippen LogP contribution in [-0.4, -0.2) is 13.2 Å². The monoisotopic (exact) mass is 220 g/mol. The van der Waals surface area contributed by atoms with Gasteiger partial charge in [-0.25, -0.2) is 0 Å². The Hall–Kier alpha value is -1.05. The highest BCUT2D eigenvalue weighted by Crippen LogP contribution is 2.29. The minimum Gasteiger partial charge on any atom is -0.375 e. The lowest BCUT2D eigenvalue weighted by atomic mass is 9.96. The van der Waals surface area contributed by atoms with Crippen LogP contribution in [0.3, 0.4) is 0 Å². The van der Waals surface area contributed by atoms with Crippen LogP contribution >= 0.6 is 11.6 Å². The molecular weight excluding hydrogens is 208 g/mol. The molecule has 1 aliphatic rings. The minimum atomic E-state index is 0.00636. The van der Waals surface area contributed by atoms with E-state index in [1.165, 1.54) is 11.1 Å². The lowest BCUT2D eigenvalue weighted by Gasteiger charge is -2.20. The van der Waals surface area contributed by atoms with Crippen LogP contribution in [0.1, 0.15) is 12.0 Å². The van der Waals surface area contributed by atoms with Gasteiger partial charge in [-0.1, -0.05) is 48.0 Å². The second kappa shape index (κ2) is 4.65. The average Bonchev–Trinajstić information content (AvgIpc) is 2.31. The molecule has 0 bridgehead atoms. The Kier molecular flexibility index (Phi) is 3.24. The molecule has 1 unspecified atom stereocenters. The summed E-state index contributed by atoms with van der Waals surface area (Å²) in [6, 6.07) is 10.3. The topological polar surface area (TPSA) is 9.23 Å². The van der Waals surface area contributed by atoms with Gasteiger partial charge in [0.25, 0.3) is 0 Å². The lowest BCUT2D eigenvalue weighted by Crippen LogP contribution is -2.13. The number of benzene rings is 1. The highest BCUT2D eigenvalue weighted by Gasteiger charge is 2.17. The van der Waals surface area contributed by atoms with Gasteiger partial charge in [0, 0.05) is 18.6 Å². The summed E-state index contributed by atoms with van der Waals surface area (Å²) in [5.74, 6) is 0. The van der Waals surface area contributed by atoms with Gasteiger partial charge in [0.05, 0.1) is 6.10 Å². The molecule has 0 radical (unpaired) electrons. The fourth-order valence-corrected chi connectivity index (χ4v) is 1.94. The first kappa shape index (κ1) is 10.5. The molecule has 0 saturated heterocycles. The van der Waals surface area contributed by atoms with Gasteiger partial charge in [-0.05, 0) is 17.2 Å². The molecule has 78 valence electrons. The SMILES string of the molecule is COC1CC(c2ccccc2)=CC=C1Cl. The summed E-state index contributed by atoms with van der Waals surface area (Å²) in [5.41, 5.74) is 2.51. The molecule has 0 fully saturated rings. The zero-order valence-corrected chi connectivity index (χ0v) is 9.37. The largest absolute Gasteiger partial charge is 0.375 e. The molecule has 0 saturated carbocycles. The van der Waals surface area contributed by atoms with Crippen LogP contribution < -0.4 is 0 Å². The minimum absolute atomic E-state index is 0.00636. The molecule has 1 nitrogen and oxygen atoms in total. The highest BCUT2D eigenvalue weighted by molar-refractivity contribution is 6.30. The molecule has 1 aromatic carbocycles. The van der Waals surface area contributed by atoms with E-state index in [2.05, 4.69) is 18.2 Å². The third-order valence-corrected chi connectivity index (χ3v) is 2.96. The van der Waals surface area contributed by atoms with Crippen molar-refractivity contribution in [1.82, 2.24) is 0 Å². The number of methoxy groups -OCH3 is 1. The average molecular weight is 221 g/mol. The van der Waals surface area contributed by atoms with Gasteiger partial charge >= 0.3 is 0 Å². The molecule has 0 aromatic heterocycles. The standard InChI is InChI=1S/C13H13ClO/c1-15-13-9-11(7-8-12(13)14)10-5-3-2-4-6-10/h2-8,13H,9H2,1H3. The third kappa shape index (κ3) is 2.31. The predicted molar refractivity (Wildman–Crippen MR) is 63.8 cm³/mol. The van der Waals surface area contributed by atoms with E-state index in [-0.39, 0.29) is 6.10 Å². The molecule has 0 spiro atoms. The van der Waals surface area contributed by atoms with Crippen molar-refractivity contribution in [2.24, 2.45) is 0 Å². The summed E-state index contributed by atoms with van der Waals surface area (Å²) >= 11 is 6.03. The van der Waals surface area contributed by atoms with Crippen LogP contribution in [0.5, 0.6) is 0 Å². The second-order valence-electron chi connectivity index (χ2n) is 3.54. The molecule has 1 atom stereocenters. The normalized spacial score (nSPS) is 20.8. The van der Waals surface area contributed by atoms with E-state index in [0.717, 1.165) is 11.5 Å². The van der Waals surface area contributed by atoms with Gasteiger partial charge in [0.1, 0.15) is 0 Å². The van der Waals surface area contributed by atoms with Crippen molar-refractivity contribution in [3.8, 4) is 0 Å². The van der Waals surface area contributed by atoms with Crippen molar-refractivity contribution >= 4 is 17.2 Å². The van der Waals surface area contributed by atoms with Gasteiger partial charge in [-0.3, -0.25) is 0 Å². The fraction of sp³-hybridized carbons (Fsp3) is 0.231. The van der Waals surface area contributed by atoms with E-state index in [1.807, 2.05) is 24.3 Å². The fourth-order valence-electron chi connectivity index (χ4n) is 1.72. The Morgan fingerprint density at radius 3 is 2.60 bits per heavy atom. The van der Waals surface area contributed by atoms with Crippen LogP contribution in [0, 0.1) is 0 Å². The van der Waals surface area contributed by atoms with Crippen LogP contribution in [-0.2, 0) is 4.74 Å². The maximum absolute atomic E-state index is 6.03. The van der Waals surface area contributed by atoms with Crippen LogP contribution in [0.4, 0.5) is 0 Å². The Balaban J connectivity index is 2.26. The van der Waals surface area contributed by atoms with E-state index in [0.29, 0.717) is 0 Å². The summed E-state index contributed by atoms with van der Waals surface area (Å²) in [4.78, 5) is 0. The van der Waals surface area contributed by atoms with Crippen molar-refractivity contribution in [3.05, 3.63) is 53.1 Å². The molecular formula is C13H13ClO. The molecule has 0 heterocycles. The Labute approximate surface area is 95.0 Å². The zero-order chi connectivity index (χ0) is 10.7. The van der Waals surface area contributed by atoms with Crippen molar-refractivity contribution < 1.29 is 4.74 Å². The van der Waals surface area contributed by atoms with Gasteiger partial charge < -0.3 is 4.74 Å². The number of halogens is 1. The molecule has 2 heteroatoms. The first-order valence-electron chi connectivity index (χ1n) is 4.95. The van der Waals surface area contributed by atoms with Gasteiger partial charge in [-0.2, -0.15) is 0 Å². The summed E-state index contributed by atoms with van der Waals surface area (Å²) < 4.78 is 5.31. The van der Waals surface area contributed by atoms with Gasteiger partial charge in [0.2, 0.25) is 0 Å². The second-order valence-corrected chi connectivity index (χ2v) is 3.97. The van der Waals surface area contributed by atoms with Crippen molar-refractivity contribution in [2.45, 2.75) is 12.5 Å². The van der Waals surface area contributed by atoms with Crippen molar-refractivity contribution in [2.75, 3.05) is 7.11 Å². The Morgan fingerprint density at radius 1 is 1.20 bits per heavy atom. The van der Waals surface area contributed by atoms with Crippen LogP contribution in [0.25, 0.3) is 5.57 Å². The Morgan fingerprint density at radius 2 is 1.93 bits per heavy atom. The first-order chi connectivity index (χ1) is 7.31. The number of ether oxygens (including phenoxy) is 1. The van der Waals surface area contributed by atoms with E-state index in [9.17, 15) is 0 Å². The predicted octanol–water partition coefficient (Wildman–Crippen LogP) is 3.61. The molecule has 2 rings (SSSR count). The van der Waals surface area contributed by atoms with E-state index < -0.39 is 0 Å². The van der Waals surface area contributed by atoms with E-state index >= 15 is 0 Å². The van der Waals surface area contributed by atoms with Crippen molar-refractivity contribution in [1.29, 1.82) is 0 Å². The highest BCUT2D eigenvalue weighted by atomic mass is 35.5. The summed E-state index contributed by atoms with van der Waals surface area (Å²) in [7, 11) is 1.69. The smallest absolute Gasteiger partial charge is 0.0966 e. The van der Waals surface area contributed by atoms with E-state index in [1.54, 1.807) is 7.11 Å². The molecule has 0 amide bonds. The van der Waals surface area contributed by atoms with Gasteiger partial charge in [-0.15, -0.1) is 0 Å². The van der Waals surface area contributed by atoms with Crippen LogP contribution in [0.15, 0.2) is 47.5 Å². The van der Waals surface area contributed by atoms with E-state index in [4.69, 9.17) is 16.3 Å². The van der Waals surface area contributed by atoms with Crippen molar-refractivity contribution in [3.63, 3.8) is 0 Å². The van der Waals surface area contributed by atoms with Crippen LogP contribution in [0.2, 0.25) is 0 Å². The number of allylic oxidation sites excluding steroid dienone is 2. The molecule has 0 aliphatic heterocycles. The summed E-state index contributed by atoms with van der Waals surface area (Å²) in [6.07, 6.45) is 4.83. The molecule has 1 aliphatic carbocycles. The quantitative estimate of drug-likeness (QED) is 0.740. The number of hydrogen-bond acceptors (Lipinski definition) is 1. The third-order valence-electron chi connectivity index (χ3n) is 2.59. The maximum atomic E-state index is 6.03. The Bertz CT molecular complexity index is 392. The number of hydrogen-bond donors (Lipinski definition) is 0. The number of rotatable bonds is 2. The lowest BCUT2D eigenvalue weighted by molar-refractivity contribution is 0.141. The zero-order valence-electron chi connectivity index (χ0n) is 8.61. The first-order valence-corrected chi connectivity index (χ1v) is 5.33. The summed E-state index contributed by atoms with van der Waals surface area (Å²) in [5, 5.41) is 0.775. The summed E-state index contributed by atoms with van der Waals surface area (Å²) in [6.45, 7) is 0. The molecule has 0 N–H and O–H groups in total. The molecule has 15 heavy (non-hydrogen) atoms.